The molecular weight excluding hydrogens is 300 g/mol. The molecule has 96 valence electrons. The van der Waals surface area contributed by atoms with Crippen molar-refractivity contribution >= 4 is 33.9 Å². The Kier molecular flexibility index (Phi) is 5.58. The molecule has 5 heteroatoms. The number of esters is 2. The van der Waals surface area contributed by atoms with E-state index in [0.717, 1.165) is 10.0 Å². The van der Waals surface area contributed by atoms with Gasteiger partial charge in [-0.05, 0) is 23.8 Å². The summed E-state index contributed by atoms with van der Waals surface area (Å²) >= 11 is 3.33. The number of hydrogen-bond acceptors (Lipinski definition) is 4. The van der Waals surface area contributed by atoms with Crippen LogP contribution in [-0.4, -0.2) is 18.2 Å². The first-order chi connectivity index (χ1) is 8.47. The van der Waals surface area contributed by atoms with Gasteiger partial charge in [-0.1, -0.05) is 34.1 Å². The van der Waals surface area contributed by atoms with E-state index in [0.29, 0.717) is 0 Å². The van der Waals surface area contributed by atoms with E-state index in [9.17, 15) is 9.59 Å². The predicted molar refractivity (Wildman–Crippen MR) is 70.5 cm³/mol. The Morgan fingerprint density at radius 1 is 1.11 bits per heavy atom. The quantitative estimate of drug-likeness (QED) is 0.633. The maximum Gasteiger partial charge on any atom is 0.305 e. The van der Waals surface area contributed by atoms with Gasteiger partial charge in [-0.15, -0.1) is 0 Å². The van der Waals surface area contributed by atoms with Gasteiger partial charge in [-0.3, -0.25) is 9.59 Å². The van der Waals surface area contributed by atoms with Crippen LogP contribution in [0.4, 0.5) is 0 Å². The third-order valence-corrected chi connectivity index (χ3v) is 2.41. The summed E-state index contributed by atoms with van der Waals surface area (Å²) in [4.78, 5) is 21.7. The standard InChI is InChI=1S/C13H13BrO4/c1-9(15)17-13(18-10(2)16)8-5-11-3-6-12(14)7-4-11/h3-8,13H,1-2H3/b8-5+. The average molecular weight is 313 g/mol. The van der Waals surface area contributed by atoms with Gasteiger partial charge in [-0.2, -0.15) is 0 Å². The molecule has 0 fully saturated rings. The van der Waals surface area contributed by atoms with Gasteiger partial charge in [0.2, 0.25) is 0 Å². The van der Waals surface area contributed by atoms with E-state index >= 15 is 0 Å². The SMILES string of the molecule is CC(=O)OC(/C=C/c1ccc(Br)cc1)OC(C)=O. The smallest absolute Gasteiger partial charge is 0.305 e. The molecule has 0 N–H and O–H groups in total. The molecule has 0 radical (unpaired) electrons. The molecule has 0 aliphatic rings. The highest BCUT2D eigenvalue weighted by Crippen LogP contribution is 2.12. The highest BCUT2D eigenvalue weighted by Gasteiger charge is 2.10. The second-order valence-corrected chi connectivity index (χ2v) is 4.41. The number of hydrogen-bond donors (Lipinski definition) is 0. The minimum atomic E-state index is -0.997. The topological polar surface area (TPSA) is 52.6 Å². The summed E-state index contributed by atoms with van der Waals surface area (Å²) < 4.78 is 10.6. The molecule has 0 bridgehead atoms. The lowest BCUT2D eigenvalue weighted by Gasteiger charge is -2.12. The normalized spacial score (nSPS) is 10.7. The number of carbonyl (C=O) groups excluding carboxylic acids is 2. The molecule has 0 heterocycles. The van der Waals surface area contributed by atoms with Crippen LogP contribution in [0, 0.1) is 0 Å². The van der Waals surface area contributed by atoms with E-state index in [1.165, 1.54) is 19.9 Å². The summed E-state index contributed by atoms with van der Waals surface area (Å²) in [5, 5.41) is 0. The number of ether oxygens (including phenoxy) is 2. The summed E-state index contributed by atoms with van der Waals surface area (Å²) in [5.41, 5.74) is 0.905. The van der Waals surface area contributed by atoms with Crippen molar-refractivity contribution in [2.75, 3.05) is 0 Å². The third-order valence-electron chi connectivity index (χ3n) is 1.88. The summed E-state index contributed by atoms with van der Waals surface area (Å²) in [6.45, 7) is 2.51. The molecule has 0 saturated carbocycles. The van der Waals surface area contributed by atoms with E-state index in [4.69, 9.17) is 9.47 Å². The summed E-state index contributed by atoms with van der Waals surface area (Å²) in [5.74, 6) is -1.02. The van der Waals surface area contributed by atoms with Gasteiger partial charge in [0, 0.05) is 18.3 Å². The van der Waals surface area contributed by atoms with Gasteiger partial charge >= 0.3 is 11.9 Å². The molecular formula is C13H13BrO4. The maximum atomic E-state index is 10.8. The molecule has 1 aromatic rings. The Hall–Kier alpha value is -1.62. The molecule has 0 unspecified atom stereocenters. The first kappa shape index (κ1) is 14.4. The highest BCUT2D eigenvalue weighted by molar-refractivity contribution is 9.10. The molecule has 1 aromatic carbocycles. The van der Waals surface area contributed by atoms with Gasteiger partial charge in [0.1, 0.15) is 0 Å². The van der Waals surface area contributed by atoms with Gasteiger partial charge in [-0.25, -0.2) is 0 Å². The molecule has 0 aromatic heterocycles. The van der Waals surface area contributed by atoms with E-state index < -0.39 is 18.2 Å². The van der Waals surface area contributed by atoms with Crippen molar-refractivity contribution < 1.29 is 19.1 Å². The fraction of sp³-hybridized carbons (Fsp3) is 0.231. The van der Waals surface area contributed by atoms with Crippen LogP contribution in [0.15, 0.2) is 34.8 Å². The first-order valence-corrected chi connectivity index (χ1v) is 6.05. The van der Waals surface area contributed by atoms with Crippen LogP contribution in [0.3, 0.4) is 0 Å². The number of halogens is 1. The third kappa shape index (κ3) is 5.63. The molecule has 18 heavy (non-hydrogen) atoms. The largest absolute Gasteiger partial charge is 0.421 e. The second kappa shape index (κ2) is 6.96. The van der Waals surface area contributed by atoms with E-state index in [1.54, 1.807) is 6.08 Å². The van der Waals surface area contributed by atoms with Gasteiger partial charge in [0.05, 0.1) is 0 Å². The molecule has 1 rings (SSSR count). The van der Waals surface area contributed by atoms with E-state index in [1.807, 2.05) is 24.3 Å². The van der Waals surface area contributed by atoms with Gasteiger partial charge in [0.25, 0.3) is 6.29 Å². The van der Waals surface area contributed by atoms with Crippen molar-refractivity contribution in [2.24, 2.45) is 0 Å². The number of carbonyl (C=O) groups is 2. The maximum absolute atomic E-state index is 10.8. The fourth-order valence-electron chi connectivity index (χ4n) is 1.19. The van der Waals surface area contributed by atoms with Crippen LogP contribution < -0.4 is 0 Å². The van der Waals surface area contributed by atoms with E-state index in [-0.39, 0.29) is 0 Å². The first-order valence-electron chi connectivity index (χ1n) is 5.25. The van der Waals surface area contributed by atoms with E-state index in [2.05, 4.69) is 15.9 Å². The lowest BCUT2D eigenvalue weighted by atomic mass is 10.2. The Morgan fingerprint density at radius 3 is 2.06 bits per heavy atom. The Bertz CT molecular complexity index is 435. The van der Waals surface area contributed by atoms with Gasteiger partial charge < -0.3 is 9.47 Å². The zero-order valence-corrected chi connectivity index (χ0v) is 11.6. The monoisotopic (exact) mass is 312 g/mol. The molecule has 0 aliphatic carbocycles. The highest BCUT2D eigenvalue weighted by atomic mass is 79.9. The fourth-order valence-corrected chi connectivity index (χ4v) is 1.46. The van der Waals surface area contributed by atoms with Crippen molar-refractivity contribution in [3.05, 3.63) is 40.4 Å². The molecule has 0 amide bonds. The summed E-state index contributed by atoms with van der Waals surface area (Å²) in [6.07, 6.45) is 2.22. The van der Waals surface area contributed by atoms with Crippen molar-refractivity contribution in [1.82, 2.24) is 0 Å². The second-order valence-electron chi connectivity index (χ2n) is 3.50. The molecule has 4 nitrogen and oxygen atoms in total. The molecule has 0 saturated heterocycles. The minimum Gasteiger partial charge on any atom is -0.421 e. The van der Waals surface area contributed by atoms with Gasteiger partial charge in [0.15, 0.2) is 0 Å². The average Bonchev–Trinajstić information content (AvgIpc) is 2.26. The lowest BCUT2D eigenvalue weighted by molar-refractivity contribution is -0.176. The Balaban J connectivity index is 2.72. The van der Waals surface area contributed by atoms with Crippen LogP contribution in [0.1, 0.15) is 19.4 Å². The van der Waals surface area contributed by atoms with Crippen molar-refractivity contribution in [2.45, 2.75) is 20.1 Å². The van der Waals surface area contributed by atoms with Crippen LogP contribution in [0.5, 0.6) is 0 Å². The van der Waals surface area contributed by atoms with Crippen LogP contribution >= 0.6 is 15.9 Å². The van der Waals surface area contributed by atoms with Crippen molar-refractivity contribution in [3.8, 4) is 0 Å². The van der Waals surface area contributed by atoms with Crippen LogP contribution in [0.25, 0.3) is 6.08 Å². The molecule has 0 aliphatic heterocycles. The van der Waals surface area contributed by atoms with Crippen LogP contribution in [-0.2, 0) is 19.1 Å². The Morgan fingerprint density at radius 2 is 1.61 bits per heavy atom. The zero-order chi connectivity index (χ0) is 13.5. The Labute approximate surface area is 114 Å². The molecule has 0 atom stereocenters. The predicted octanol–water partition coefficient (Wildman–Crippen LogP) is 2.91. The van der Waals surface area contributed by atoms with Crippen LogP contribution in [0.2, 0.25) is 0 Å². The van der Waals surface area contributed by atoms with Crippen molar-refractivity contribution in [1.29, 1.82) is 0 Å². The molecule has 0 spiro atoms. The zero-order valence-electron chi connectivity index (χ0n) is 10.1. The number of benzene rings is 1. The minimum absolute atomic E-state index is 0.512. The summed E-state index contributed by atoms with van der Waals surface area (Å²) in [6, 6.07) is 7.51. The summed E-state index contributed by atoms with van der Waals surface area (Å²) in [7, 11) is 0. The lowest BCUT2D eigenvalue weighted by Crippen LogP contribution is -2.19. The van der Waals surface area contributed by atoms with Crippen molar-refractivity contribution in [3.63, 3.8) is 0 Å². The number of rotatable bonds is 4.